The topological polar surface area (TPSA) is 115 Å². The fourth-order valence-electron chi connectivity index (χ4n) is 4.44. The quantitative estimate of drug-likeness (QED) is 0.654. The number of carbonyl (C=O) groups excluding carboxylic acids is 2. The monoisotopic (exact) mass is 317 g/mol. The zero-order valence-electron chi connectivity index (χ0n) is 12.0. The van der Waals surface area contributed by atoms with Gasteiger partial charge in [0.15, 0.2) is 0 Å². The predicted octanol–water partition coefficient (Wildman–Crippen LogP) is -0.138. The maximum Gasteiger partial charge on any atom is 0.335 e. The minimum atomic E-state index is -1.09. The van der Waals surface area contributed by atoms with Crippen molar-refractivity contribution in [3.8, 4) is 0 Å². The van der Waals surface area contributed by atoms with Crippen LogP contribution in [0.15, 0.2) is 24.3 Å². The lowest BCUT2D eigenvalue weighted by Crippen LogP contribution is -2.43. The first kappa shape index (κ1) is 14.3. The van der Waals surface area contributed by atoms with Gasteiger partial charge in [-0.1, -0.05) is 0 Å². The molecule has 1 saturated heterocycles. The summed E-state index contributed by atoms with van der Waals surface area (Å²) in [5.74, 6) is -3.80. The van der Waals surface area contributed by atoms with E-state index in [1.165, 1.54) is 24.3 Å². The molecule has 1 aliphatic heterocycles. The number of nitrogens with zero attached hydrogens (tertiary/aromatic N) is 1. The highest BCUT2D eigenvalue weighted by Crippen LogP contribution is 2.56. The molecule has 7 nitrogen and oxygen atoms in total. The van der Waals surface area contributed by atoms with Crippen molar-refractivity contribution >= 4 is 23.5 Å². The van der Waals surface area contributed by atoms with E-state index in [4.69, 9.17) is 5.11 Å². The molecule has 6 atom stereocenters. The smallest absolute Gasteiger partial charge is 0.335 e. The highest BCUT2D eigenvalue weighted by Gasteiger charge is 2.67. The molecule has 23 heavy (non-hydrogen) atoms. The van der Waals surface area contributed by atoms with Gasteiger partial charge in [-0.2, -0.15) is 0 Å². The lowest BCUT2D eigenvalue weighted by Gasteiger charge is -2.29. The lowest BCUT2D eigenvalue weighted by molar-refractivity contribution is -0.129. The summed E-state index contributed by atoms with van der Waals surface area (Å²) in [5, 5.41) is 28.9. The average Bonchev–Trinajstić information content (AvgIpc) is 3.12. The molecule has 2 aliphatic carbocycles. The highest BCUT2D eigenvalue weighted by atomic mass is 16.4. The molecule has 2 bridgehead atoms. The van der Waals surface area contributed by atoms with E-state index in [0.29, 0.717) is 12.1 Å². The number of amides is 2. The number of benzene rings is 1. The van der Waals surface area contributed by atoms with Crippen LogP contribution in [0.25, 0.3) is 0 Å². The molecule has 1 heterocycles. The molecule has 1 aromatic carbocycles. The summed E-state index contributed by atoms with van der Waals surface area (Å²) in [6, 6.07) is 5.53. The Morgan fingerprint density at radius 3 is 1.87 bits per heavy atom. The summed E-state index contributed by atoms with van der Waals surface area (Å²) in [6.45, 7) is 0. The molecule has 3 N–H and O–H groups in total. The largest absolute Gasteiger partial charge is 0.478 e. The molecule has 0 aromatic heterocycles. The second-order valence-corrected chi connectivity index (χ2v) is 6.46. The van der Waals surface area contributed by atoms with Crippen LogP contribution in [0.3, 0.4) is 0 Å². The van der Waals surface area contributed by atoms with Crippen LogP contribution in [0.4, 0.5) is 5.69 Å². The van der Waals surface area contributed by atoms with Gasteiger partial charge in [-0.3, -0.25) is 14.5 Å². The van der Waals surface area contributed by atoms with Crippen LogP contribution in [0.1, 0.15) is 16.8 Å². The van der Waals surface area contributed by atoms with E-state index in [1.807, 2.05) is 0 Å². The zero-order valence-corrected chi connectivity index (χ0v) is 12.0. The van der Waals surface area contributed by atoms with Gasteiger partial charge in [0.1, 0.15) is 0 Å². The van der Waals surface area contributed by atoms with Crippen LogP contribution >= 0.6 is 0 Å². The first-order chi connectivity index (χ1) is 10.9. The van der Waals surface area contributed by atoms with Crippen LogP contribution < -0.4 is 4.90 Å². The summed E-state index contributed by atoms with van der Waals surface area (Å²) in [5.41, 5.74) is 0.390. The predicted molar refractivity (Wildman–Crippen MR) is 76.5 cm³/mol. The van der Waals surface area contributed by atoms with Gasteiger partial charge in [-0.05, 0) is 30.7 Å². The fourth-order valence-corrected chi connectivity index (χ4v) is 4.44. The molecular formula is C16H15NO6. The Bertz CT molecular complexity index is 682. The van der Waals surface area contributed by atoms with E-state index in [2.05, 4.69) is 0 Å². The maximum atomic E-state index is 12.7. The van der Waals surface area contributed by atoms with E-state index in [9.17, 15) is 24.6 Å². The summed E-state index contributed by atoms with van der Waals surface area (Å²) >= 11 is 0. The normalized spacial score (nSPS) is 38.3. The third-order valence-electron chi connectivity index (χ3n) is 5.46. The summed E-state index contributed by atoms with van der Waals surface area (Å²) in [6.07, 6.45) is -1.44. The second-order valence-electron chi connectivity index (χ2n) is 6.46. The lowest BCUT2D eigenvalue weighted by atomic mass is 9.78. The van der Waals surface area contributed by atoms with Gasteiger partial charge in [0, 0.05) is 11.8 Å². The number of carbonyl (C=O) groups is 3. The van der Waals surface area contributed by atoms with E-state index in [-0.39, 0.29) is 29.2 Å². The Kier molecular flexibility index (Phi) is 2.88. The van der Waals surface area contributed by atoms with Gasteiger partial charge in [-0.25, -0.2) is 4.79 Å². The number of hydrogen-bond acceptors (Lipinski definition) is 5. The Morgan fingerprint density at radius 1 is 0.957 bits per heavy atom. The van der Waals surface area contributed by atoms with Crippen molar-refractivity contribution in [3.63, 3.8) is 0 Å². The maximum absolute atomic E-state index is 12.7. The second kappa shape index (κ2) is 4.62. The van der Waals surface area contributed by atoms with Crippen LogP contribution in [0, 0.1) is 23.7 Å². The molecule has 2 saturated carbocycles. The van der Waals surface area contributed by atoms with Crippen molar-refractivity contribution in [2.75, 3.05) is 4.90 Å². The van der Waals surface area contributed by atoms with Crippen molar-refractivity contribution in [2.24, 2.45) is 23.7 Å². The van der Waals surface area contributed by atoms with Gasteiger partial charge < -0.3 is 15.3 Å². The zero-order chi connectivity index (χ0) is 16.5. The highest BCUT2D eigenvalue weighted by molar-refractivity contribution is 6.22. The Balaban J connectivity index is 1.68. The van der Waals surface area contributed by atoms with Gasteiger partial charge in [0.2, 0.25) is 11.8 Å². The van der Waals surface area contributed by atoms with E-state index in [0.717, 1.165) is 4.90 Å². The number of hydrogen-bond donors (Lipinski definition) is 3. The minimum absolute atomic E-state index is 0.0685. The van der Waals surface area contributed by atoms with Gasteiger partial charge >= 0.3 is 5.97 Å². The van der Waals surface area contributed by atoms with Crippen molar-refractivity contribution < 1.29 is 29.7 Å². The third-order valence-corrected chi connectivity index (χ3v) is 5.46. The van der Waals surface area contributed by atoms with Crippen molar-refractivity contribution in [1.82, 2.24) is 0 Å². The average molecular weight is 317 g/mol. The summed E-state index contributed by atoms with van der Waals surface area (Å²) < 4.78 is 0. The van der Waals surface area contributed by atoms with Gasteiger partial charge in [0.05, 0.1) is 35.3 Å². The molecule has 4 rings (SSSR count). The van der Waals surface area contributed by atoms with Crippen molar-refractivity contribution in [1.29, 1.82) is 0 Å². The Hall–Kier alpha value is -2.25. The number of carboxylic acid groups (broad SMARTS) is 1. The number of aliphatic hydroxyl groups is 2. The molecule has 2 amide bonds. The van der Waals surface area contributed by atoms with Crippen molar-refractivity contribution in [2.45, 2.75) is 18.6 Å². The van der Waals surface area contributed by atoms with E-state index >= 15 is 0 Å². The number of aromatic carboxylic acids is 1. The number of rotatable bonds is 2. The van der Waals surface area contributed by atoms with E-state index in [1.54, 1.807) is 0 Å². The molecule has 0 unspecified atom stereocenters. The molecule has 3 fully saturated rings. The first-order valence-electron chi connectivity index (χ1n) is 7.49. The van der Waals surface area contributed by atoms with Gasteiger partial charge in [0.25, 0.3) is 0 Å². The molecule has 7 heteroatoms. The van der Waals surface area contributed by atoms with Crippen LogP contribution in [-0.4, -0.2) is 45.3 Å². The number of anilines is 1. The summed E-state index contributed by atoms with van der Waals surface area (Å²) in [7, 11) is 0. The van der Waals surface area contributed by atoms with Crippen LogP contribution in [0.5, 0.6) is 0 Å². The molecular weight excluding hydrogens is 302 g/mol. The standard InChI is InChI=1S/C16H15NO6/c18-12-8-5-9(13(12)19)11-10(8)14(20)17(15(11)21)7-3-1-6(2-4-7)16(22)23/h1-4,8-13,18-19H,5H2,(H,22,23)/t8-,9+,10-,11+,12-,13+. The van der Waals surface area contributed by atoms with Crippen molar-refractivity contribution in [3.05, 3.63) is 29.8 Å². The Labute approximate surface area is 131 Å². The fraction of sp³-hybridized carbons (Fsp3) is 0.438. The van der Waals surface area contributed by atoms with Gasteiger partial charge in [-0.15, -0.1) is 0 Å². The molecule has 120 valence electrons. The number of aliphatic hydroxyl groups excluding tert-OH is 2. The van der Waals surface area contributed by atoms with Crippen LogP contribution in [-0.2, 0) is 9.59 Å². The van der Waals surface area contributed by atoms with Crippen LogP contribution in [0.2, 0.25) is 0 Å². The third kappa shape index (κ3) is 1.74. The molecule has 0 radical (unpaired) electrons. The molecule has 3 aliphatic rings. The van der Waals surface area contributed by atoms with E-state index < -0.39 is 30.0 Å². The SMILES string of the molecule is O=C(O)c1ccc(N2C(=O)[C@@H]3[C@H]4C[C@H]([C@H](O)[C@@H]4O)[C@@H]3C2=O)cc1. The number of carboxylic acids is 1. The molecule has 0 spiro atoms. The number of imide groups is 1. The molecule has 1 aromatic rings. The first-order valence-corrected chi connectivity index (χ1v) is 7.49. The summed E-state index contributed by atoms with van der Waals surface area (Å²) in [4.78, 5) is 37.3. The number of fused-ring (bicyclic) bond motifs is 5. The Morgan fingerprint density at radius 2 is 1.43 bits per heavy atom. The minimum Gasteiger partial charge on any atom is -0.478 e.